The number of benzene rings is 3. The van der Waals surface area contributed by atoms with Gasteiger partial charge in [-0.25, -0.2) is 5.43 Å². The van der Waals surface area contributed by atoms with Crippen LogP contribution >= 0.6 is 11.6 Å². The van der Waals surface area contributed by atoms with E-state index < -0.39 is 0 Å². The molecule has 3 N–H and O–H groups in total. The molecule has 0 unspecified atom stereocenters. The molecule has 9 heteroatoms. The van der Waals surface area contributed by atoms with Gasteiger partial charge >= 0.3 is 0 Å². The van der Waals surface area contributed by atoms with E-state index in [0.717, 1.165) is 22.7 Å². The zero-order chi connectivity index (χ0) is 22.2. The van der Waals surface area contributed by atoms with Crippen LogP contribution < -0.4 is 20.8 Å². The topological polar surface area (TPSA) is 96.4 Å². The highest BCUT2D eigenvalue weighted by atomic mass is 35.5. The molecule has 160 valence electrons. The van der Waals surface area contributed by atoms with E-state index in [1.807, 2.05) is 66.7 Å². The van der Waals surface area contributed by atoms with E-state index in [1.54, 1.807) is 25.5 Å². The van der Waals surface area contributed by atoms with Gasteiger partial charge in [0.05, 0.1) is 13.3 Å². The van der Waals surface area contributed by atoms with Gasteiger partial charge in [-0.15, -0.1) is 0 Å². The molecule has 0 bridgehead atoms. The molecule has 0 atom stereocenters. The monoisotopic (exact) mass is 445 g/mol. The lowest BCUT2D eigenvalue weighted by Gasteiger charge is -2.10. The number of methoxy groups -OCH3 is 1. The van der Waals surface area contributed by atoms with Gasteiger partial charge in [-0.3, -0.25) is 0 Å². The quantitative estimate of drug-likeness (QED) is 0.244. The third kappa shape index (κ3) is 5.93. The standard InChI is InChI=1S/C23H20ClN7O/c1-32-20-12-10-19(11-13-20)27-22-28-21(26-18-8-3-2-4-9-18)29-23(30-22)31-25-15-16-6-5-7-17(24)14-16/h2-15H,1H3,(H3,26,27,28,29,30,31). The fraction of sp³-hybridized carbons (Fsp3) is 0.0435. The van der Waals surface area contributed by atoms with Crippen LogP contribution in [0.4, 0.5) is 29.2 Å². The first-order chi connectivity index (χ1) is 15.7. The Labute approximate surface area is 190 Å². The van der Waals surface area contributed by atoms with Crippen LogP contribution in [-0.4, -0.2) is 28.3 Å². The number of halogens is 1. The van der Waals surface area contributed by atoms with Crippen molar-refractivity contribution in [3.63, 3.8) is 0 Å². The minimum absolute atomic E-state index is 0.271. The maximum atomic E-state index is 6.02. The fourth-order valence-corrected chi connectivity index (χ4v) is 2.94. The number of hydrogen-bond donors (Lipinski definition) is 3. The minimum Gasteiger partial charge on any atom is -0.497 e. The molecular weight excluding hydrogens is 426 g/mol. The second-order valence-corrected chi connectivity index (χ2v) is 7.01. The van der Waals surface area contributed by atoms with Crippen LogP contribution in [0.1, 0.15) is 5.56 Å². The van der Waals surface area contributed by atoms with Crippen molar-refractivity contribution >= 4 is 47.0 Å². The summed E-state index contributed by atoms with van der Waals surface area (Å²) in [4.78, 5) is 13.3. The molecule has 4 aromatic rings. The van der Waals surface area contributed by atoms with Crippen LogP contribution in [0.15, 0.2) is 84.0 Å². The predicted molar refractivity (Wildman–Crippen MR) is 128 cm³/mol. The Bertz CT molecular complexity index is 1200. The van der Waals surface area contributed by atoms with Gasteiger partial charge in [-0.05, 0) is 54.1 Å². The summed E-state index contributed by atoms with van der Waals surface area (Å²) in [6.07, 6.45) is 1.64. The summed E-state index contributed by atoms with van der Waals surface area (Å²) >= 11 is 6.02. The van der Waals surface area contributed by atoms with Gasteiger partial charge in [0.1, 0.15) is 5.75 Å². The first-order valence-corrected chi connectivity index (χ1v) is 10.1. The highest BCUT2D eigenvalue weighted by Gasteiger charge is 2.08. The maximum absolute atomic E-state index is 6.02. The molecule has 0 spiro atoms. The summed E-state index contributed by atoms with van der Waals surface area (Å²) in [5.74, 6) is 1.75. The number of hydrogen-bond acceptors (Lipinski definition) is 8. The van der Waals surface area contributed by atoms with E-state index in [9.17, 15) is 0 Å². The van der Waals surface area contributed by atoms with Crippen LogP contribution in [0, 0.1) is 0 Å². The number of ether oxygens (including phenoxy) is 1. The highest BCUT2D eigenvalue weighted by Crippen LogP contribution is 2.20. The summed E-state index contributed by atoms with van der Waals surface area (Å²) in [6, 6.07) is 24.4. The number of anilines is 5. The van der Waals surface area contributed by atoms with E-state index in [1.165, 1.54) is 0 Å². The molecule has 0 saturated heterocycles. The summed E-state index contributed by atoms with van der Waals surface area (Å²) in [5.41, 5.74) is 5.34. The lowest BCUT2D eigenvalue weighted by atomic mass is 10.2. The number of aromatic nitrogens is 3. The molecule has 0 aliphatic rings. The van der Waals surface area contributed by atoms with E-state index in [0.29, 0.717) is 16.9 Å². The molecule has 0 amide bonds. The Morgan fingerprint density at radius 3 is 2.09 bits per heavy atom. The molecule has 0 saturated carbocycles. The molecule has 0 aliphatic carbocycles. The summed E-state index contributed by atoms with van der Waals surface area (Å²) < 4.78 is 5.20. The molecule has 0 radical (unpaired) electrons. The van der Waals surface area contributed by atoms with E-state index >= 15 is 0 Å². The number of para-hydroxylation sites is 1. The normalized spacial score (nSPS) is 10.7. The summed E-state index contributed by atoms with van der Waals surface area (Å²) in [7, 11) is 1.62. The smallest absolute Gasteiger partial charge is 0.250 e. The summed E-state index contributed by atoms with van der Waals surface area (Å²) in [5, 5.41) is 11.2. The highest BCUT2D eigenvalue weighted by molar-refractivity contribution is 6.30. The van der Waals surface area contributed by atoms with Crippen molar-refractivity contribution in [1.29, 1.82) is 0 Å². The van der Waals surface area contributed by atoms with Gasteiger partial charge in [-0.2, -0.15) is 20.1 Å². The Kier molecular flexibility index (Phi) is 6.74. The van der Waals surface area contributed by atoms with E-state index in [2.05, 4.69) is 36.1 Å². The van der Waals surface area contributed by atoms with Crippen LogP contribution in [0.25, 0.3) is 0 Å². The molecule has 32 heavy (non-hydrogen) atoms. The zero-order valence-corrected chi connectivity index (χ0v) is 17.9. The van der Waals surface area contributed by atoms with Gasteiger partial charge < -0.3 is 15.4 Å². The molecule has 0 fully saturated rings. The third-order valence-corrected chi connectivity index (χ3v) is 4.47. The maximum Gasteiger partial charge on any atom is 0.250 e. The second kappa shape index (κ2) is 10.2. The average Bonchev–Trinajstić information content (AvgIpc) is 2.80. The molecule has 1 aromatic heterocycles. The lowest BCUT2D eigenvalue weighted by Crippen LogP contribution is -2.07. The van der Waals surface area contributed by atoms with Crippen molar-refractivity contribution in [3.05, 3.63) is 89.4 Å². The first-order valence-electron chi connectivity index (χ1n) is 9.72. The largest absolute Gasteiger partial charge is 0.497 e. The van der Waals surface area contributed by atoms with Crippen LogP contribution in [0.5, 0.6) is 5.75 Å². The third-order valence-electron chi connectivity index (χ3n) is 4.24. The minimum atomic E-state index is 0.271. The molecule has 8 nitrogen and oxygen atoms in total. The average molecular weight is 446 g/mol. The SMILES string of the molecule is COc1ccc(Nc2nc(NN=Cc3cccc(Cl)c3)nc(Nc3ccccc3)n2)cc1. The predicted octanol–water partition coefficient (Wildman–Crippen LogP) is 5.47. The van der Waals surface area contributed by atoms with Crippen molar-refractivity contribution in [3.8, 4) is 5.75 Å². The Balaban J connectivity index is 1.57. The van der Waals surface area contributed by atoms with Gasteiger partial charge in [0.15, 0.2) is 0 Å². The van der Waals surface area contributed by atoms with Crippen molar-refractivity contribution in [1.82, 2.24) is 15.0 Å². The Morgan fingerprint density at radius 2 is 1.44 bits per heavy atom. The number of nitrogens with one attached hydrogen (secondary N) is 3. The van der Waals surface area contributed by atoms with Crippen molar-refractivity contribution in [2.75, 3.05) is 23.2 Å². The lowest BCUT2D eigenvalue weighted by molar-refractivity contribution is 0.415. The second-order valence-electron chi connectivity index (χ2n) is 6.58. The molecular formula is C23H20ClN7O. The van der Waals surface area contributed by atoms with Crippen molar-refractivity contribution < 1.29 is 4.74 Å². The Hall–Kier alpha value is -4.17. The van der Waals surface area contributed by atoms with Gasteiger partial charge in [-0.1, -0.05) is 41.9 Å². The molecule has 1 heterocycles. The number of hydrazone groups is 1. The van der Waals surface area contributed by atoms with Crippen molar-refractivity contribution in [2.24, 2.45) is 5.10 Å². The van der Waals surface area contributed by atoms with Crippen molar-refractivity contribution in [2.45, 2.75) is 0 Å². The fourth-order valence-electron chi connectivity index (χ4n) is 2.74. The molecule has 0 aliphatic heterocycles. The van der Waals surface area contributed by atoms with E-state index in [4.69, 9.17) is 16.3 Å². The van der Waals surface area contributed by atoms with Crippen LogP contribution in [-0.2, 0) is 0 Å². The van der Waals surface area contributed by atoms with Crippen LogP contribution in [0.2, 0.25) is 5.02 Å². The van der Waals surface area contributed by atoms with Gasteiger partial charge in [0.2, 0.25) is 17.8 Å². The molecule has 4 rings (SSSR count). The van der Waals surface area contributed by atoms with Gasteiger partial charge in [0.25, 0.3) is 0 Å². The zero-order valence-electron chi connectivity index (χ0n) is 17.2. The summed E-state index contributed by atoms with van der Waals surface area (Å²) in [6.45, 7) is 0. The molecule has 3 aromatic carbocycles. The van der Waals surface area contributed by atoms with Gasteiger partial charge in [0, 0.05) is 16.4 Å². The number of rotatable bonds is 8. The van der Waals surface area contributed by atoms with E-state index in [-0.39, 0.29) is 5.95 Å². The van der Waals surface area contributed by atoms with Crippen LogP contribution in [0.3, 0.4) is 0 Å². The number of nitrogens with zero attached hydrogens (tertiary/aromatic N) is 4. The first kappa shape index (κ1) is 21.1. The Morgan fingerprint density at radius 1 is 0.781 bits per heavy atom.